The Labute approximate surface area is 202 Å². The van der Waals surface area contributed by atoms with Gasteiger partial charge >= 0.3 is 0 Å². The van der Waals surface area contributed by atoms with E-state index in [1.165, 1.54) is 19.9 Å². The Balaban J connectivity index is 1.56. The van der Waals surface area contributed by atoms with Gasteiger partial charge in [-0.3, -0.25) is 14.7 Å². The molecule has 8 nitrogen and oxygen atoms in total. The fraction of sp³-hybridized carbons (Fsp3) is 0.308. The van der Waals surface area contributed by atoms with Gasteiger partial charge in [-0.2, -0.15) is 0 Å². The monoisotopic (exact) mass is 460 g/mol. The van der Waals surface area contributed by atoms with E-state index in [4.69, 9.17) is 4.11 Å². The largest absolute Gasteiger partial charge is 0.378 e. The summed E-state index contributed by atoms with van der Waals surface area (Å²) in [7, 11) is 0. The highest BCUT2D eigenvalue weighted by atomic mass is 16.3. The number of likely N-dealkylation sites (N-methyl/N-ethyl adjacent to an activating group) is 1. The number of hydrogen-bond donors (Lipinski definition) is 3. The van der Waals surface area contributed by atoms with E-state index in [-0.39, 0.29) is 17.9 Å². The third kappa shape index (κ3) is 5.50. The molecule has 0 bridgehead atoms. The van der Waals surface area contributed by atoms with Gasteiger partial charge < -0.3 is 15.3 Å². The van der Waals surface area contributed by atoms with Gasteiger partial charge in [0.2, 0.25) is 11.7 Å². The van der Waals surface area contributed by atoms with Crippen LogP contribution < -0.4 is 10.2 Å². The molecule has 2 amide bonds. The second-order valence-electron chi connectivity index (χ2n) is 8.66. The molecule has 0 aliphatic carbocycles. The highest BCUT2D eigenvalue weighted by Crippen LogP contribution is 2.27. The molecule has 0 radical (unpaired) electrons. The van der Waals surface area contributed by atoms with E-state index < -0.39 is 30.4 Å². The Kier molecular flexibility index (Phi) is 5.45. The van der Waals surface area contributed by atoms with Gasteiger partial charge in [0.1, 0.15) is 17.5 Å². The number of aryl methyl sites for hydroxylation is 1. The lowest BCUT2D eigenvalue weighted by molar-refractivity contribution is -0.120. The number of nitrogens with one attached hydrogen (secondary N) is 2. The topological polar surface area (TPSA) is 111 Å². The number of nitrogens with zero attached hydrogens (tertiary/aromatic N) is 3. The summed E-state index contributed by atoms with van der Waals surface area (Å²) in [6.07, 6.45) is 0.996. The maximum atomic E-state index is 13.4. The Morgan fingerprint density at radius 2 is 2.12 bits per heavy atom. The third-order valence-electron chi connectivity index (χ3n) is 5.31. The SMILES string of the molecule is [2H]C([2H])([2H])N1C(=O)[C@@H](NC(=O)c2n[nH]c(Cc3ccccc3)n2)CCc2ccc(C#CC(C)(C)O)cc21. The molecule has 1 atom stereocenters. The second-order valence-corrected chi connectivity index (χ2v) is 8.66. The number of fused-ring (bicyclic) bond motifs is 1. The highest BCUT2D eigenvalue weighted by Gasteiger charge is 2.30. The number of anilines is 1. The molecule has 0 saturated carbocycles. The molecule has 2 aromatic carbocycles. The van der Waals surface area contributed by atoms with E-state index in [1.54, 1.807) is 12.1 Å². The molecule has 0 unspecified atom stereocenters. The zero-order valence-electron chi connectivity index (χ0n) is 21.9. The van der Waals surface area contributed by atoms with Crippen LogP contribution in [0.2, 0.25) is 0 Å². The van der Waals surface area contributed by atoms with Crippen molar-refractivity contribution in [3.63, 3.8) is 0 Å². The van der Waals surface area contributed by atoms with Gasteiger partial charge in [0.25, 0.3) is 5.91 Å². The normalized spacial score (nSPS) is 17.4. The molecule has 8 heteroatoms. The minimum absolute atomic E-state index is 0.134. The molecule has 174 valence electrons. The van der Waals surface area contributed by atoms with Gasteiger partial charge in [-0.25, -0.2) is 4.98 Å². The Morgan fingerprint density at radius 3 is 2.85 bits per heavy atom. The standard InChI is InChI=1S/C26H27N5O3/c1-26(2,34)14-13-18-9-10-19-11-12-20(25(33)31(3)21(19)15-18)27-24(32)23-28-22(29-30-23)16-17-7-5-4-6-8-17/h4-10,15,20,34H,11-12,16H2,1-3H3,(H,27,32)(H,28,29,30)/t20-/m0/s1/i3D3. The minimum atomic E-state index is -2.80. The number of amides is 2. The predicted molar refractivity (Wildman–Crippen MR) is 128 cm³/mol. The maximum absolute atomic E-state index is 13.4. The van der Waals surface area contributed by atoms with Gasteiger partial charge in [-0.15, -0.1) is 5.10 Å². The van der Waals surface area contributed by atoms with E-state index in [0.29, 0.717) is 29.8 Å². The predicted octanol–water partition coefficient (Wildman–Crippen LogP) is 2.23. The van der Waals surface area contributed by atoms with E-state index in [9.17, 15) is 14.7 Å². The zero-order chi connectivity index (χ0) is 26.8. The summed E-state index contributed by atoms with van der Waals surface area (Å²) in [5.41, 5.74) is 1.05. The van der Waals surface area contributed by atoms with Gasteiger partial charge in [0, 0.05) is 28.8 Å². The molecular formula is C26H27N5O3. The summed E-state index contributed by atoms with van der Waals surface area (Å²) in [5, 5.41) is 19.2. The van der Waals surface area contributed by atoms with E-state index in [1.807, 2.05) is 30.3 Å². The van der Waals surface area contributed by atoms with Crippen LogP contribution in [0, 0.1) is 11.8 Å². The van der Waals surface area contributed by atoms with Crippen LogP contribution in [0.4, 0.5) is 5.69 Å². The number of rotatable bonds is 4. The van der Waals surface area contributed by atoms with Crippen molar-refractivity contribution < 1.29 is 18.8 Å². The minimum Gasteiger partial charge on any atom is -0.378 e. The molecule has 34 heavy (non-hydrogen) atoms. The van der Waals surface area contributed by atoms with Crippen LogP contribution in [0.5, 0.6) is 0 Å². The molecule has 1 aliphatic rings. The first-order valence-corrected chi connectivity index (χ1v) is 10.9. The van der Waals surface area contributed by atoms with Gasteiger partial charge in [0.05, 0.1) is 0 Å². The number of H-pyrrole nitrogens is 1. The lowest BCUT2D eigenvalue weighted by Crippen LogP contribution is -2.47. The molecule has 0 fully saturated rings. The maximum Gasteiger partial charge on any atom is 0.291 e. The Morgan fingerprint density at radius 1 is 1.32 bits per heavy atom. The number of aromatic nitrogens is 3. The fourth-order valence-electron chi connectivity index (χ4n) is 3.61. The first-order valence-electron chi connectivity index (χ1n) is 12.4. The smallest absolute Gasteiger partial charge is 0.291 e. The average Bonchev–Trinajstić information content (AvgIpc) is 3.23. The molecule has 1 aliphatic heterocycles. The molecule has 4 rings (SSSR count). The Hall–Kier alpha value is -3.96. The number of aliphatic hydroxyl groups is 1. The molecular weight excluding hydrogens is 430 g/mol. The van der Waals surface area contributed by atoms with Crippen molar-refractivity contribution >= 4 is 17.5 Å². The van der Waals surface area contributed by atoms with Crippen LogP contribution >= 0.6 is 0 Å². The number of aromatic amines is 1. The summed E-state index contributed by atoms with van der Waals surface area (Å²) in [6.45, 7) is 0.274. The molecule has 0 saturated heterocycles. The van der Waals surface area contributed by atoms with Crippen LogP contribution in [0.3, 0.4) is 0 Å². The molecule has 3 N–H and O–H groups in total. The van der Waals surface area contributed by atoms with E-state index in [0.717, 1.165) is 10.5 Å². The van der Waals surface area contributed by atoms with Gasteiger partial charge in [-0.05, 0) is 49.9 Å². The van der Waals surface area contributed by atoms with Crippen molar-refractivity contribution in [3.8, 4) is 11.8 Å². The van der Waals surface area contributed by atoms with Crippen molar-refractivity contribution in [1.82, 2.24) is 20.5 Å². The summed E-state index contributed by atoms with van der Waals surface area (Å²) in [6, 6.07) is 13.4. The van der Waals surface area contributed by atoms with Crippen molar-refractivity contribution in [3.05, 3.63) is 76.9 Å². The molecule has 0 spiro atoms. The lowest BCUT2D eigenvalue weighted by Gasteiger charge is -2.22. The molecule has 1 aromatic heterocycles. The van der Waals surface area contributed by atoms with Crippen molar-refractivity contribution in [2.75, 3.05) is 11.9 Å². The van der Waals surface area contributed by atoms with Crippen LogP contribution in [0.1, 0.15) is 57.5 Å². The van der Waals surface area contributed by atoms with Crippen molar-refractivity contribution in [1.29, 1.82) is 0 Å². The van der Waals surface area contributed by atoms with Crippen molar-refractivity contribution in [2.45, 2.75) is 44.8 Å². The second kappa shape index (κ2) is 9.49. The summed E-state index contributed by atoms with van der Waals surface area (Å²) < 4.78 is 24.1. The summed E-state index contributed by atoms with van der Waals surface area (Å²) in [4.78, 5) is 31.3. The first kappa shape index (κ1) is 19.5. The van der Waals surface area contributed by atoms with Crippen LogP contribution in [0.25, 0.3) is 0 Å². The first-order chi connectivity index (χ1) is 17.4. The third-order valence-corrected chi connectivity index (χ3v) is 5.31. The number of hydrogen-bond acceptors (Lipinski definition) is 5. The van der Waals surface area contributed by atoms with Crippen LogP contribution in [-0.2, 0) is 17.6 Å². The summed E-state index contributed by atoms with van der Waals surface area (Å²) in [5.74, 6) is 4.41. The number of carbonyl (C=O) groups is 2. The molecule has 3 aromatic rings. The Bertz CT molecular complexity index is 1370. The quantitative estimate of drug-likeness (QED) is 0.517. The molecule has 2 heterocycles. The van der Waals surface area contributed by atoms with Crippen molar-refractivity contribution in [2.24, 2.45) is 0 Å². The number of benzene rings is 2. The summed E-state index contributed by atoms with van der Waals surface area (Å²) >= 11 is 0. The zero-order valence-corrected chi connectivity index (χ0v) is 18.9. The fourth-order valence-corrected chi connectivity index (χ4v) is 3.61. The van der Waals surface area contributed by atoms with E-state index in [2.05, 4.69) is 32.3 Å². The van der Waals surface area contributed by atoms with Crippen LogP contribution in [-0.4, -0.2) is 50.7 Å². The van der Waals surface area contributed by atoms with Gasteiger partial charge in [-0.1, -0.05) is 48.2 Å². The lowest BCUT2D eigenvalue weighted by atomic mass is 10.0. The number of carbonyl (C=O) groups excluding carboxylic acids is 2. The highest BCUT2D eigenvalue weighted by molar-refractivity contribution is 6.02. The van der Waals surface area contributed by atoms with Gasteiger partial charge in [0.15, 0.2) is 0 Å². The average molecular weight is 461 g/mol. The van der Waals surface area contributed by atoms with Crippen LogP contribution in [0.15, 0.2) is 48.5 Å². The van der Waals surface area contributed by atoms with E-state index >= 15 is 0 Å².